The Kier molecular flexibility index (Phi) is 6.98. The lowest BCUT2D eigenvalue weighted by Crippen LogP contribution is -2.37. The fourth-order valence-corrected chi connectivity index (χ4v) is 2.96. The van der Waals surface area contributed by atoms with Gasteiger partial charge in [-0.25, -0.2) is 13.1 Å². The predicted octanol–water partition coefficient (Wildman–Crippen LogP) is 2.15. The van der Waals surface area contributed by atoms with E-state index in [1.807, 2.05) is 0 Å². The Hall–Kier alpha value is 0.150. The molecule has 0 saturated carbocycles. The minimum absolute atomic E-state index is 0. The van der Waals surface area contributed by atoms with Crippen LogP contribution in [0.25, 0.3) is 0 Å². The first kappa shape index (κ1) is 17.2. The van der Waals surface area contributed by atoms with Crippen LogP contribution in [0.15, 0.2) is 27.6 Å². The quantitative estimate of drug-likeness (QED) is 0.860. The monoisotopic (exact) mass is 362 g/mol. The van der Waals surface area contributed by atoms with Crippen molar-refractivity contribution in [1.82, 2.24) is 4.72 Å². The van der Waals surface area contributed by atoms with Crippen LogP contribution in [0.4, 0.5) is 0 Å². The highest BCUT2D eigenvalue weighted by molar-refractivity contribution is 9.10. The van der Waals surface area contributed by atoms with Crippen LogP contribution in [0.2, 0.25) is 5.02 Å². The van der Waals surface area contributed by atoms with Gasteiger partial charge in [-0.15, -0.1) is 12.4 Å². The van der Waals surface area contributed by atoms with E-state index in [4.69, 9.17) is 17.3 Å². The van der Waals surface area contributed by atoms with Gasteiger partial charge in [0.05, 0.1) is 9.92 Å². The van der Waals surface area contributed by atoms with Gasteiger partial charge in [0, 0.05) is 17.1 Å². The van der Waals surface area contributed by atoms with Crippen LogP contribution in [-0.2, 0) is 10.0 Å². The SMILES string of the molecule is C[C@@H](CN)NS(=O)(=O)c1ccc(Cl)c(Br)c1.Cl. The maximum absolute atomic E-state index is 11.8. The topological polar surface area (TPSA) is 72.2 Å². The predicted molar refractivity (Wildman–Crippen MR) is 75.2 cm³/mol. The van der Waals surface area contributed by atoms with Crippen molar-refractivity contribution in [2.75, 3.05) is 6.54 Å². The molecule has 8 heteroatoms. The molecule has 1 rings (SSSR count). The molecule has 98 valence electrons. The standard InChI is InChI=1S/C9H12BrClN2O2S.ClH/c1-6(5-12)13-16(14,15)7-2-3-9(11)8(10)4-7;/h2-4,6,13H,5,12H2,1H3;1H/t6-;/m0./s1. The van der Waals surface area contributed by atoms with Crippen molar-refractivity contribution in [2.45, 2.75) is 17.9 Å². The van der Waals surface area contributed by atoms with Gasteiger partial charge in [0.15, 0.2) is 0 Å². The molecule has 0 bridgehead atoms. The Morgan fingerprint density at radius 3 is 2.59 bits per heavy atom. The van der Waals surface area contributed by atoms with E-state index in [9.17, 15) is 8.42 Å². The van der Waals surface area contributed by atoms with Gasteiger partial charge in [-0.05, 0) is 41.1 Å². The van der Waals surface area contributed by atoms with Gasteiger partial charge in [0.1, 0.15) is 0 Å². The van der Waals surface area contributed by atoms with E-state index in [-0.39, 0.29) is 29.9 Å². The number of benzene rings is 1. The van der Waals surface area contributed by atoms with Gasteiger partial charge in [-0.1, -0.05) is 11.6 Å². The Labute approximate surface area is 121 Å². The average Bonchev–Trinajstić information content (AvgIpc) is 2.21. The van der Waals surface area contributed by atoms with Crippen molar-refractivity contribution in [3.05, 3.63) is 27.7 Å². The fraction of sp³-hybridized carbons (Fsp3) is 0.333. The zero-order valence-corrected chi connectivity index (χ0v) is 13.0. The van der Waals surface area contributed by atoms with E-state index < -0.39 is 10.0 Å². The lowest BCUT2D eigenvalue weighted by atomic mass is 10.4. The second kappa shape index (κ2) is 6.92. The Morgan fingerprint density at radius 1 is 1.53 bits per heavy atom. The lowest BCUT2D eigenvalue weighted by molar-refractivity contribution is 0.562. The molecule has 0 aliphatic heterocycles. The number of rotatable bonds is 4. The smallest absolute Gasteiger partial charge is 0.240 e. The first-order valence-electron chi connectivity index (χ1n) is 4.54. The summed E-state index contributed by atoms with van der Waals surface area (Å²) >= 11 is 8.95. The summed E-state index contributed by atoms with van der Waals surface area (Å²) in [7, 11) is -3.53. The van der Waals surface area contributed by atoms with Crippen molar-refractivity contribution in [3.63, 3.8) is 0 Å². The summed E-state index contributed by atoms with van der Waals surface area (Å²) in [6, 6.07) is 4.11. The molecule has 1 aromatic carbocycles. The summed E-state index contributed by atoms with van der Waals surface area (Å²) in [4.78, 5) is 0.157. The molecule has 0 aromatic heterocycles. The van der Waals surface area contributed by atoms with Crippen LogP contribution < -0.4 is 10.5 Å². The normalized spacial score (nSPS) is 12.9. The third-order valence-corrected chi connectivity index (χ3v) is 4.71. The van der Waals surface area contributed by atoms with E-state index in [1.165, 1.54) is 18.2 Å². The number of hydrogen-bond donors (Lipinski definition) is 2. The molecule has 0 heterocycles. The second-order valence-electron chi connectivity index (χ2n) is 3.33. The van der Waals surface area contributed by atoms with Crippen LogP contribution in [0, 0.1) is 0 Å². The third-order valence-electron chi connectivity index (χ3n) is 1.91. The summed E-state index contributed by atoms with van der Waals surface area (Å²) in [6.07, 6.45) is 0. The Bertz CT molecular complexity index is 482. The fourth-order valence-electron chi connectivity index (χ4n) is 1.03. The maximum Gasteiger partial charge on any atom is 0.240 e. The van der Waals surface area contributed by atoms with Crippen LogP contribution in [0.5, 0.6) is 0 Å². The van der Waals surface area contributed by atoms with Crippen molar-refractivity contribution in [1.29, 1.82) is 0 Å². The molecule has 0 amide bonds. The molecule has 0 unspecified atom stereocenters. The van der Waals surface area contributed by atoms with Gasteiger partial charge in [-0.2, -0.15) is 0 Å². The van der Waals surface area contributed by atoms with Crippen molar-refractivity contribution in [2.24, 2.45) is 5.73 Å². The number of sulfonamides is 1. The third kappa shape index (κ3) is 4.73. The molecule has 1 atom stereocenters. The van der Waals surface area contributed by atoms with Crippen molar-refractivity contribution >= 4 is 50.0 Å². The van der Waals surface area contributed by atoms with E-state index in [1.54, 1.807) is 6.92 Å². The molecule has 0 radical (unpaired) electrons. The Morgan fingerprint density at radius 2 is 2.12 bits per heavy atom. The average molecular weight is 364 g/mol. The van der Waals surface area contributed by atoms with Gasteiger partial charge in [0.2, 0.25) is 10.0 Å². The highest BCUT2D eigenvalue weighted by Gasteiger charge is 2.17. The van der Waals surface area contributed by atoms with Crippen LogP contribution in [-0.4, -0.2) is 21.0 Å². The first-order chi connectivity index (χ1) is 7.36. The minimum Gasteiger partial charge on any atom is -0.329 e. The zero-order valence-electron chi connectivity index (χ0n) is 8.98. The zero-order chi connectivity index (χ0) is 12.3. The van der Waals surface area contributed by atoms with Crippen molar-refractivity contribution in [3.8, 4) is 0 Å². The molecule has 0 fully saturated rings. The summed E-state index contributed by atoms with van der Waals surface area (Å²) in [5, 5.41) is 0.464. The molecule has 4 nitrogen and oxygen atoms in total. The van der Waals surface area contributed by atoms with Gasteiger partial charge in [-0.3, -0.25) is 0 Å². The van der Waals surface area contributed by atoms with Crippen LogP contribution >= 0.6 is 39.9 Å². The molecule has 17 heavy (non-hydrogen) atoms. The number of nitrogens with two attached hydrogens (primary N) is 1. The largest absolute Gasteiger partial charge is 0.329 e. The molecule has 1 aromatic rings. The number of nitrogens with one attached hydrogen (secondary N) is 1. The first-order valence-corrected chi connectivity index (χ1v) is 7.19. The van der Waals surface area contributed by atoms with Gasteiger partial charge < -0.3 is 5.73 Å². The molecule has 3 N–H and O–H groups in total. The second-order valence-corrected chi connectivity index (χ2v) is 6.31. The summed E-state index contributed by atoms with van der Waals surface area (Å²) in [6.45, 7) is 1.94. The maximum atomic E-state index is 11.8. The molecule has 0 aliphatic carbocycles. The molecule has 0 aliphatic rings. The lowest BCUT2D eigenvalue weighted by Gasteiger charge is -2.12. The van der Waals surface area contributed by atoms with E-state index >= 15 is 0 Å². The molecular formula is C9H13BrCl2N2O2S. The summed E-state index contributed by atoms with van der Waals surface area (Å²) in [5.74, 6) is 0. The van der Waals surface area contributed by atoms with Crippen molar-refractivity contribution < 1.29 is 8.42 Å². The van der Waals surface area contributed by atoms with Gasteiger partial charge >= 0.3 is 0 Å². The van der Waals surface area contributed by atoms with Crippen LogP contribution in [0.1, 0.15) is 6.92 Å². The minimum atomic E-state index is -3.53. The number of hydrogen-bond acceptors (Lipinski definition) is 3. The molecular weight excluding hydrogens is 351 g/mol. The molecule has 0 spiro atoms. The summed E-state index contributed by atoms with van der Waals surface area (Å²) < 4.78 is 26.7. The summed E-state index contributed by atoms with van der Waals surface area (Å²) in [5.41, 5.74) is 5.35. The van der Waals surface area contributed by atoms with E-state index in [2.05, 4.69) is 20.7 Å². The van der Waals surface area contributed by atoms with E-state index in [0.717, 1.165) is 0 Å². The highest BCUT2D eigenvalue weighted by Crippen LogP contribution is 2.25. The Balaban J connectivity index is 0.00000256. The van der Waals surface area contributed by atoms with Gasteiger partial charge in [0.25, 0.3) is 0 Å². The van der Waals surface area contributed by atoms with E-state index in [0.29, 0.717) is 9.50 Å². The highest BCUT2D eigenvalue weighted by atomic mass is 79.9. The molecule has 0 saturated heterocycles. The van der Waals surface area contributed by atoms with Crippen LogP contribution in [0.3, 0.4) is 0 Å². The number of halogens is 3.